The Morgan fingerprint density at radius 3 is 1.80 bits per heavy atom. The summed E-state index contributed by atoms with van der Waals surface area (Å²) in [6.07, 6.45) is 9.72. The van der Waals surface area contributed by atoms with Gasteiger partial charge in [0.05, 0.1) is 6.10 Å². The Morgan fingerprint density at radius 1 is 0.800 bits per heavy atom. The summed E-state index contributed by atoms with van der Waals surface area (Å²) in [5, 5.41) is 0. The summed E-state index contributed by atoms with van der Waals surface area (Å²) in [5.41, 5.74) is 0. The lowest BCUT2D eigenvalue weighted by Gasteiger charge is -2.28. The van der Waals surface area contributed by atoms with E-state index in [9.17, 15) is 0 Å². The molecule has 0 amide bonds. The van der Waals surface area contributed by atoms with Gasteiger partial charge in [0.1, 0.15) is 0 Å². The van der Waals surface area contributed by atoms with Crippen LogP contribution in [0.3, 0.4) is 0 Å². The number of methoxy groups -OCH3 is 3. The van der Waals surface area contributed by atoms with E-state index in [0.717, 1.165) is 19.4 Å². The Labute approximate surface area is 125 Å². The van der Waals surface area contributed by atoms with E-state index < -0.39 is 5.97 Å². The SMILES string of the molecule is CCOC(C)CCCCCCCCC(OC)(OC)OC. The molecule has 0 bridgehead atoms. The van der Waals surface area contributed by atoms with Crippen molar-refractivity contribution in [3.05, 3.63) is 0 Å². The van der Waals surface area contributed by atoms with Crippen LogP contribution in [0.1, 0.15) is 65.2 Å². The molecule has 0 heterocycles. The molecular formula is C16H34O4. The van der Waals surface area contributed by atoms with Gasteiger partial charge in [0.25, 0.3) is 5.97 Å². The van der Waals surface area contributed by atoms with Gasteiger partial charge in [0.2, 0.25) is 0 Å². The first kappa shape index (κ1) is 19.8. The predicted molar refractivity (Wildman–Crippen MR) is 81.8 cm³/mol. The third kappa shape index (κ3) is 8.90. The van der Waals surface area contributed by atoms with Crippen LogP contribution >= 0.6 is 0 Å². The number of hydrogen-bond donors (Lipinski definition) is 0. The Morgan fingerprint density at radius 2 is 1.30 bits per heavy atom. The molecule has 0 N–H and O–H groups in total. The zero-order chi connectivity index (χ0) is 15.3. The molecule has 0 saturated heterocycles. The number of rotatable bonds is 14. The lowest BCUT2D eigenvalue weighted by molar-refractivity contribution is -0.355. The van der Waals surface area contributed by atoms with E-state index in [2.05, 4.69) is 13.8 Å². The Bertz CT molecular complexity index is 196. The van der Waals surface area contributed by atoms with Crippen molar-refractivity contribution in [2.24, 2.45) is 0 Å². The average Bonchev–Trinajstić information content (AvgIpc) is 2.47. The summed E-state index contributed by atoms with van der Waals surface area (Å²) in [5.74, 6) is -0.854. The molecule has 0 aromatic carbocycles. The molecule has 0 spiro atoms. The van der Waals surface area contributed by atoms with Crippen molar-refractivity contribution >= 4 is 0 Å². The van der Waals surface area contributed by atoms with Crippen molar-refractivity contribution in [3.63, 3.8) is 0 Å². The maximum Gasteiger partial charge on any atom is 0.282 e. The molecule has 1 unspecified atom stereocenters. The van der Waals surface area contributed by atoms with E-state index in [1.807, 2.05) is 0 Å². The van der Waals surface area contributed by atoms with E-state index in [1.165, 1.54) is 38.5 Å². The summed E-state index contributed by atoms with van der Waals surface area (Å²) >= 11 is 0. The van der Waals surface area contributed by atoms with Crippen molar-refractivity contribution in [3.8, 4) is 0 Å². The Kier molecular flexibility index (Phi) is 12.5. The fraction of sp³-hybridized carbons (Fsp3) is 1.00. The fourth-order valence-corrected chi connectivity index (χ4v) is 2.40. The summed E-state index contributed by atoms with van der Waals surface area (Å²) in [7, 11) is 4.85. The maximum absolute atomic E-state index is 5.52. The van der Waals surface area contributed by atoms with Gasteiger partial charge in [-0.05, 0) is 26.7 Å². The van der Waals surface area contributed by atoms with Crippen molar-refractivity contribution in [1.82, 2.24) is 0 Å². The van der Waals surface area contributed by atoms with Crippen LogP contribution in [0.2, 0.25) is 0 Å². The highest BCUT2D eigenvalue weighted by Crippen LogP contribution is 2.21. The van der Waals surface area contributed by atoms with Crippen LogP contribution in [0.5, 0.6) is 0 Å². The molecule has 0 rings (SSSR count). The van der Waals surface area contributed by atoms with E-state index in [0.29, 0.717) is 6.10 Å². The van der Waals surface area contributed by atoms with Gasteiger partial charge >= 0.3 is 0 Å². The molecule has 122 valence electrons. The topological polar surface area (TPSA) is 36.9 Å². The highest BCUT2D eigenvalue weighted by Gasteiger charge is 2.28. The normalized spacial score (nSPS) is 13.7. The highest BCUT2D eigenvalue weighted by atomic mass is 16.9. The molecule has 0 saturated carbocycles. The van der Waals surface area contributed by atoms with Gasteiger partial charge in [-0.15, -0.1) is 0 Å². The molecule has 1 atom stereocenters. The number of unbranched alkanes of at least 4 members (excludes halogenated alkanes) is 5. The van der Waals surface area contributed by atoms with Crippen LogP contribution in [0, 0.1) is 0 Å². The molecule has 0 aliphatic heterocycles. The number of hydrogen-bond acceptors (Lipinski definition) is 4. The zero-order valence-electron chi connectivity index (χ0n) is 14.1. The minimum absolute atomic E-state index is 0.408. The van der Waals surface area contributed by atoms with E-state index in [4.69, 9.17) is 18.9 Å². The van der Waals surface area contributed by atoms with E-state index in [1.54, 1.807) is 21.3 Å². The zero-order valence-corrected chi connectivity index (χ0v) is 14.1. The van der Waals surface area contributed by atoms with Crippen LogP contribution in [0.15, 0.2) is 0 Å². The average molecular weight is 290 g/mol. The van der Waals surface area contributed by atoms with Gasteiger partial charge in [-0.1, -0.05) is 32.1 Å². The van der Waals surface area contributed by atoms with Crippen molar-refractivity contribution in [2.75, 3.05) is 27.9 Å². The molecule has 0 fully saturated rings. The smallest absolute Gasteiger partial charge is 0.282 e. The molecule has 0 aliphatic rings. The lowest BCUT2D eigenvalue weighted by atomic mass is 10.1. The first-order valence-corrected chi connectivity index (χ1v) is 7.91. The Hall–Kier alpha value is -0.160. The third-order valence-electron chi connectivity index (χ3n) is 3.73. The molecule has 20 heavy (non-hydrogen) atoms. The molecule has 0 aromatic rings. The van der Waals surface area contributed by atoms with Gasteiger partial charge in [-0.25, -0.2) is 0 Å². The molecule has 4 nitrogen and oxygen atoms in total. The first-order valence-electron chi connectivity index (χ1n) is 7.91. The van der Waals surface area contributed by atoms with Gasteiger partial charge in [-0.2, -0.15) is 0 Å². The maximum atomic E-state index is 5.52. The summed E-state index contributed by atoms with van der Waals surface area (Å²) in [4.78, 5) is 0. The molecule has 0 aromatic heterocycles. The quantitative estimate of drug-likeness (QED) is 0.356. The van der Waals surface area contributed by atoms with Crippen LogP contribution in [-0.4, -0.2) is 40.0 Å². The van der Waals surface area contributed by atoms with Crippen LogP contribution in [-0.2, 0) is 18.9 Å². The monoisotopic (exact) mass is 290 g/mol. The van der Waals surface area contributed by atoms with Gasteiger partial charge in [0.15, 0.2) is 0 Å². The molecule has 0 aliphatic carbocycles. The summed E-state index contributed by atoms with van der Waals surface area (Å²) in [6.45, 7) is 5.03. The fourth-order valence-electron chi connectivity index (χ4n) is 2.40. The van der Waals surface area contributed by atoms with Crippen molar-refractivity contribution < 1.29 is 18.9 Å². The summed E-state index contributed by atoms with van der Waals surface area (Å²) < 4.78 is 21.3. The first-order chi connectivity index (χ1) is 9.64. The van der Waals surface area contributed by atoms with Crippen LogP contribution in [0.4, 0.5) is 0 Å². The van der Waals surface area contributed by atoms with Crippen LogP contribution < -0.4 is 0 Å². The third-order valence-corrected chi connectivity index (χ3v) is 3.73. The largest absolute Gasteiger partial charge is 0.379 e. The Balaban J connectivity index is 3.44. The number of ether oxygens (including phenoxy) is 4. The van der Waals surface area contributed by atoms with Gasteiger partial charge in [0, 0.05) is 34.4 Å². The van der Waals surface area contributed by atoms with Gasteiger partial charge < -0.3 is 18.9 Å². The lowest BCUT2D eigenvalue weighted by Crippen LogP contribution is -2.35. The molecule has 0 radical (unpaired) electrons. The van der Waals surface area contributed by atoms with Gasteiger partial charge in [-0.3, -0.25) is 0 Å². The standard InChI is InChI=1S/C16H34O4/c1-6-20-15(2)13-11-9-7-8-10-12-14-16(17-3,18-4)19-5/h15H,6-14H2,1-5H3. The highest BCUT2D eigenvalue weighted by molar-refractivity contribution is 4.57. The minimum atomic E-state index is -0.854. The minimum Gasteiger partial charge on any atom is -0.379 e. The predicted octanol–water partition coefficient (Wildman–Crippen LogP) is 4.13. The van der Waals surface area contributed by atoms with E-state index >= 15 is 0 Å². The molecule has 4 heteroatoms. The summed E-state index contributed by atoms with van der Waals surface area (Å²) in [6, 6.07) is 0. The second-order valence-corrected chi connectivity index (χ2v) is 5.22. The second kappa shape index (κ2) is 12.6. The van der Waals surface area contributed by atoms with Crippen LogP contribution in [0.25, 0.3) is 0 Å². The van der Waals surface area contributed by atoms with E-state index in [-0.39, 0.29) is 0 Å². The van der Waals surface area contributed by atoms with Crippen molar-refractivity contribution in [2.45, 2.75) is 77.3 Å². The molecular weight excluding hydrogens is 256 g/mol. The second-order valence-electron chi connectivity index (χ2n) is 5.22. The van der Waals surface area contributed by atoms with Crippen molar-refractivity contribution in [1.29, 1.82) is 0 Å².